The highest BCUT2D eigenvalue weighted by Gasteiger charge is 2.15. The second-order valence-electron chi connectivity index (χ2n) is 4.87. The lowest BCUT2D eigenvalue weighted by molar-refractivity contribution is 0.252. The van der Waals surface area contributed by atoms with Gasteiger partial charge in [-0.3, -0.25) is 0 Å². The minimum Gasteiger partial charge on any atom is -0.493 e. The Morgan fingerprint density at radius 1 is 1.33 bits per heavy atom. The van der Waals surface area contributed by atoms with Crippen LogP contribution in [0.25, 0.3) is 0 Å². The Balaban J connectivity index is 1.95. The number of rotatable bonds is 3. The van der Waals surface area contributed by atoms with Crippen molar-refractivity contribution in [3.63, 3.8) is 0 Å². The van der Waals surface area contributed by atoms with Crippen LogP contribution in [0.5, 0.6) is 5.75 Å². The number of aryl methyl sites for hydroxylation is 1. The van der Waals surface area contributed by atoms with Gasteiger partial charge in [0.15, 0.2) is 0 Å². The minimum absolute atomic E-state index is 0.374. The quantitative estimate of drug-likeness (QED) is 0.587. The fourth-order valence-corrected chi connectivity index (χ4v) is 2.45. The van der Waals surface area contributed by atoms with Gasteiger partial charge < -0.3 is 4.74 Å². The molecular formula is C16H19ClO. The molecule has 0 heterocycles. The first kappa shape index (κ1) is 13.3. The summed E-state index contributed by atoms with van der Waals surface area (Å²) in [5, 5.41) is 0. The lowest BCUT2D eigenvalue weighted by atomic mass is 10.1. The monoisotopic (exact) mass is 262 g/mol. The Labute approximate surface area is 114 Å². The molecule has 2 rings (SSSR count). The minimum atomic E-state index is 0.374. The highest BCUT2D eigenvalue weighted by Crippen LogP contribution is 2.26. The van der Waals surface area contributed by atoms with Crippen LogP contribution in [0.1, 0.15) is 36.8 Å². The standard InChI is InChI=1S/C16H19ClO/c1-13-11-16(9-8-15(13)7-4-10-17)18-12-14-5-2-3-6-14/h8-9,11,14H,2-3,5-6,10,12H2,1H3. The summed E-state index contributed by atoms with van der Waals surface area (Å²) in [6.45, 7) is 2.91. The van der Waals surface area contributed by atoms with Crippen LogP contribution in [0.15, 0.2) is 18.2 Å². The Hall–Kier alpha value is -1.13. The van der Waals surface area contributed by atoms with Gasteiger partial charge in [0.25, 0.3) is 0 Å². The Morgan fingerprint density at radius 3 is 2.78 bits per heavy atom. The SMILES string of the molecule is Cc1cc(OCC2CCCC2)ccc1C#CCCl. The summed E-state index contributed by atoms with van der Waals surface area (Å²) in [6.07, 6.45) is 5.36. The van der Waals surface area contributed by atoms with Crippen LogP contribution < -0.4 is 4.74 Å². The van der Waals surface area contributed by atoms with E-state index in [4.69, 9.17) is 16.3 Å². The molecule has 18 heavy (non-hydrogen) atoms. The van der Waals surface area contributed by atoms with Gasteiger partial charge >= 0.3 is 0 Å². The van der Waals surface area contributed by atoms with Crippen LogP contribution in [-0.2, 0) is 0 Å². The van der Waals surface area contributed by atoms with Crippen molar-refractivity contribution in [3.8, 4) is 17.6 Å². The average Bonchev–Trinajstić information content (AvgIpc) is 2.88. The second kappa shape index (κ2) is 6.71. The number of benzene rings is 1. The third kappa shape index (κ3) is 3.68. The van der Waals surface area contributed by atoms with Gasteiger partial charge in [0.05, 0.1) is 12.5 Å². The zero-order chi connectivity index (χ0) is 12.8. The molecule has 1 fully saturated rings. The van der Waals surface area contributed by atoms with Crippen molar-refractivity contribution in [3.05, 3.63) is 29.3 Å². The van der Waals surface area contributed by atoms with E-state index in [0.717, 1.165) is 29.4 Å². The maximum Gasteiger partial charge on any atom is 0.119 e. The van der Waals surface area contributed by atoms with Crippen molar-refractivity contribution in [1.29, 1.82) is 0 Å². The number of ether oxygens (including phenoxy) is 1. The molecule has 1 nitrogen and oxygen atoms in total. The largest absolute Gasteiger partial charge is 0.493 e. The molecule has 0 aliphatic heterocycles. The Bertz CT molecular complexity index is 450. The molecule has 96 valence electrons. The molecule has 0 aromatic heterocycles. The molecule has 0 spiro atoms. The van der Waals surface area contributed by atoms with E-state index in [1.165, 1.54) is 25.7 Å². The maximum absolute atomic E-state index is 5.86. The second-order valence-corrected chi connectivity index (χ2v) is 5.14. The summed E-state index contributed by atoms with van der Waals surface area (Å²) >= 11 is 5.56. The predicted octanol–water partition coefficient (Wildman–Crippen LogP) is 4.15. The number of alkyl halides is 1. The number of halogens is 1. The number of hydrogen-bond donors (Lipinski definition) is 0. The molecule has 2 heteroatoms. The van der Waals surface area contributed by atoms with Crippen LogP contribution in [0, 0.1) is 24.7 Å². The van der Waals surface area contributed by atoms with Gasteiger partial charge in [-0.2, -0.15) is 0 Å². The van der Waals surface area contributed by atoms with Crippen molar-refractivity contribution in [2.75, 3.05) is 12.5 Å². The van der Waals surface area contributed by atoms with Gasteiger partial charge in [-0.25, -0.2) is 0 Å². The summed E-state index contributed by atoms with van der Waals surface area (Å²) in [4.78, 5) is 0. The molecule has 0 bridgehead atoms. The molecule has 0 unspecified atom stereocenters. The van der Waals surface area contributed by atoms with Crippen molar-refractivity contribution >= 4 is 11.6 Å². The van der Waals surface area contributed by atoms with E-state index in [-0.39, 0.29) is 0 Å². The fraction of sp³-hybridized carbons (Fsp3) is 0.500. The average molecular weight is 263 g/mol. The molecule has 0 N–H and O–H groups in total. The smallest absolute Gasteiger partial charge is 0.119 e. The van der Waals surface area contributed by atoms with Gasteiger partial charge in [0.2, 0.25) is 0 Å². The Morgan fingerprint density at radius 2 is 2.11 bits per heavy atom. The summed E-state index contributed by atoms with van der Waals surface area (Å²) in [7, 11) is 0. The zero-order valence-corrected chi connectivity index (χ0v) is 11.6. The van der Waals surface area contributed by atoms with Gasteiger partial charge in [-0.15, -0.1) is 11.6 Å². The first-order chi connectivity index (χ1) is 8.79. The van der Waals surface area contributed by atoms with Gasteiger partial charge in [-0.05, 0) is 49.4 Å². The lowest BCUT2D eigenvalue weighted by Gasteiger charge is -2.12. The van der Waals surface area contributed by atoms with Crippen LogP contribution in [0.2, 0.25) is 0 Å². The van der Waals surface area contributed by atoms with Crippen molar-refractivity contribution < 1.29 is 4.74 Å². The van der Waals surface area contributed by atoms with E-state index in [9.17, 15) is 0 Å². The maximum atomic E-state index is 5.86. The first-order valence-corrected chi connectivity index (χ1v) is 7.11. The molecule has 0 amide bonds. The van der Waals surface area contributed by atoms with Gasteiger partial charge in [0.1, 0.15) is 5.75 Å². The van der Waals surface area contributed by atoms with Crippen LogP contribution in [-0.4, -0.2) is 12.5 Å². The van der Waals surface area contributed by atoms with Crippen molar-refractivity contribution in [2.24, 2.45) is 5.92 Å². The summed E-state index contributed by atoms with van der Waals surface area (Å²) < 4.78 is 5.86. The van der Waals surface area contributed by atoms with E-state index in [2.05, 4.69) is 24.8 Å². The number of hydrogen-bond acceptors (Lipinski definition) is 1. The molecule has 0 radical (unpaired) electrons. The molecule has 1 aromatic rings. The molecule has 0 saturated heterocycles. The third-order valence-corrected chi connectivity index (χ3v) is 3.58. The summed E-state index contributed by atoms with van der Waals surface area (Å²) in [5.74, 6) is 8.01. The fourth-order valence-electron chi connectivity index (χ4n) is 2.39. The van der Waals surface area contributed by atoms with Crippen molar-refractivity contribution in [1.82, 2.24) is 0 Å². The first-order valence-electron chi connectivity index (χ1n) is 6.58. The molecular weight excluding hydrogens is 244 g/mol. The van der Waals surface area contributed by atoms with E-state index in [1.54, 1.807) is 0 Å². The topological polar surface area (TPSA) is 9.23 Å². The summed E-state index contributed by atoms with van der Waals surface area (Å²) in [5.41, 5.74) is 2.18. The van der Waals surface area contributed by atoms with E-state index < -0.39 is 0 Å². The normalized spacial score (nSPS) is 15.2. The third-order valence-electron chi connectivity index (χ3n) is 3.45. The van der Waals surface area contributed by atoms with Crippen LogP contribution >= 0.6 is 11.6 Å². The van der Waals surface area contributed by atoms with Gasteiger partial charge in [-0.1, -0.05) is 24.7 Å². The predicted molar refractivity (Wildman–Crippen MR) is 76.2 cm³/mol. The highest BCUT2D eigenvalue weighted by molar-refractivity contribution is 6.19. The molecule has 1 aliphatic rings. The van der Waals surface area contributed by atoms with E-state index >= 15 is 0 Å². The van der Waals surface area contributed by atoms with E-state index in [0.29, 0.717) is 5.88 Å². The molecule has 1 saturated carbocycles. The molecule has 1 aromatic carbocycles. The highest BCUT2D eigenvalue weighted by atomic mass is 35.5. The van der Waals surface area contributed by atoms with Crippen LogP contribution in [0.3, 0.4) is 0 Å². The van der Waals surface area contributed by atoms with E-state index in [1.807, 2.05) is 12.1 Å². The lowest BCUT2D eigenvalue weighted by Crippen LogP contribution is -2.08. The Kier molecular flexibility index (Phi) is 4.96. The molecule has 1 aliphatic carbocycles. The zero-order valence-electron chi connectivity index (χ0n) is 10.8. The van der Waals surface area contributed by atoms with Gasteiger partial charge in [0, 0.05) is 5.56 Å². The van der Waals surface area contributed by atoms with Crippen molar-refractivity contribution in [2.45, 2.75) is 32.6 Å². The summed E-state index contributed by atoms with van der Waals surface area (Å²) in [6, 6.07) is 6.08. The van der Waals surface area contributed by atoms with Crippen LogP contribution in [0.4, 0.5) is 0 Å². The molecule has 0 atom stereocenters.